The van der Waals surface area contributed by atoms with Gasteiger partial charge in [0.2, 0.25) is 0 Å². The van der Waals surface area contributed by atoms with Crippen molar-refractivity contribution in [1.82, 2.24) is 0 Å². The molecule has 1 aliphatic rings. The van der Waals surface area contributed by atoms with Crippen molar-refractivity contribution >= 4 is 15.9 Å². The van der Waals surface area contributed by atoms with E-state index >= 15 is 0 Å². The van der Waals surface area contributed by atoms with E-state index in [2.05, 4.69) is 42.8 Å². The molecule has 1 aliphatic carbocycles. The summed E-state index contributed by atoms with van der Waals surface area (Å²) in [5.74, 6) is 2.72. The molecule has 0 N–H and O–H groups in total. The van der Waals surface area contributed by atoms with Gasteiger partial charge in [0.05, 0.1) is 0 Å². The Morgan fingerprint density at radius 1 is 1.21 bits per heavy atom. The second kappa shape index (κ2) is 5.95. The van der Waals surface area contributed by atoms with Crippen LogP contribution < -0.4 is 0 Å². The van der Waals surface area contributed by atoms with Crippen LogP contribution >= 0.6 is 15.9 Å². The van der Waals surface area contributed by atoms with Crippen LogP contribution in [-0.2, 0) is 0 Å². The van der Waals surface area contributed by atoms with Gasteiger partial charge >= 0.3 is 0 Å². The summed E-state index contributed by atoms with van der Waals surface area (Å²) < 4.78 is 0. The Morgan fingerprint density at radius 2 is 1.79 bits per heavy atom. The summed E-state index contributed by atoms with van der Waals surface area (Å²) in [6.07, 6.45) is 7.86. The summed E-state index contributed by atoms with van der Waals surface area (Å²) in [5.41, 5.74) is 1.63. The highest BCUT2D eigenvalue weighted by Crippen LogP contribution is 2.36. The van der Waals surface area contributed by atoms with Crippen LogP contribution in [-0.4, -0.2) is 5.33 Å². The van der Waals surface area contributed by atoms with Gasteiger partial charge in [-0.3, -0.25) is 0 Å². The van der Waals surface area contributed by atoms with E-state index in [1.54, 1.807) is 5.57 Å². The average molecular weight is 259 g/mol. The van der Waals surface area contributed by atoms with Crippen molar-refractivity contribution in [3.63, 3.8) is 0 Å². The predicted molar refractivity (Wildman–Crippen MR) is 67.8 cm³/mol. The molecule has 14 heavy (non-hydrogen) atoms. The summed E-state index contributed by atoms with van der Waals surface area (Å²) >= 11 is 3.48. The number of rotatable bonds is 3. The van der Waals surface area contributed by atoms with Crippen molar-refractivity contribution in [3.8, 4) is 0 Å². The van der Waals surface area contributed by atoms with Gasteiger partial charge in [-0.2, -0.15) is 0 Å². The Labute approximate surface area is 97.3 Å². The number of alkyl halides is 1. The molecule has 1 heteroatoms. The van der Waals surface area contributed by atoms with Gasteiger partial charge in [0, 0.05) is 5.33 Å². The van der Waals surface area contributed by atoms with Gasteiger partial charge in [-0.05, 0) is 50.4 Å². The lowest BCUT2D eigenvalue weighted by Gasteiger charge is -2.32. The summed E-state index contributed by atoms with van der Waals surface area (Å²) in [6.45, 7) is 7.12. The maximum Gasteiger partial charge on any atom is 0.00660 e. The molecule has 0 bridgehead atoms. The van der Waals surface area contributed by atoms with E-state index in [0.29, 0.717) is 0 Å². The third-order valence-electron chi connectivity index (χ3n) is 3.40. The molecule has 0 aromatic heterocycles. The zero-order valence-corrected chi connectivity index (χ0v) is 11.3. The fourth-order valence-corrected chi connectivity index (χ4v) is 3.00. The highest BCUT2D eigenvalue weighted by molar-refractivity contribution is 9.09. The normalized spacial score (nSPS) is 34.6. The lowest BCUT2D eigenvalue weighted by molar-refractivity contribution is 0.244. The second-order valence-corrected chi connectivity index (χ2v) is 5.83. The lowest BCUT2D eigenvalue weighted by atomic mass is 9.74. The number of halogens is 1. The molecule has 1 saturated carbocycles. The minimum Gasteiger partial charge on any atom is -0.0925 e. The monoisotopic (exact) mass is 258 g/mol. The van der Waals surface area contributed by atoms with E-state index in [0.717, 1.165) is 23.1 Å². The molecule has 0 radical (unpaired) electrons. The molecule has 0 nitrogen and oxygen atoms in total. The molecule has 1 fully saturated rings. The van der Waals surface area contributed by atoms with Gasteiger partial charge < -0.3 is 0 Å². The SMILES string of the molecule is CC(=CCCBr)C1CC(C)CC(C)C1. The first-order valence-corrected chi connectivity index (χ1v) is 6.98. The van der Waals surface area contributed by atoms with Crippen LogP contribution in [0.25, 0.3) is 0 Å². The van der Waals surface area contributed by atoms with Gasteiger partial charge in [0.1, 0.15) is 0 Å². The second-order valence-electron chi connectivity index (χ2n) is 5.04. The molecule has 0 amide bonds. The maximum atomic E-state index is 3.48. The molecule has 0 heterocycles. The quantitative estimate of drug-likeness (QED) is 0.505. The van der Waals surface area contributed by atoms with Crippen molar-refractivity contribution in [1.29, 1.82) is 0 Å². The van der Waals surface area contributed by atoms with Crippen LogP contribution in [0.1, 0.15) is 46.5 Å². The first kappa shape index (κ1) is 12.3. The topological polar surface area (TPSA) is 0 Å². The molecule has 2 unspecified atom stereocenters. The van der Waals surface area contributed by atoms with Crippen LogP contribution in [0.2, 0.25) is 0 Å². The third-order valence-corrected chi connectivity index (χ3v) is 3.86. The van der Waals surface area contributed by atoms with Crippen molar-refractivity contribution in [2.75, 3.05) is 5.33 Å². The summed E-state index contributed by atoms with van der Waals surface area (Å²) in [5, 5.41) is 1.10. The Morgan fingerprint density at radius 3 is 2.29 bits per heavy atom. The van der Waals surface area contributed by atoms with Crippen molar-refractivity contribution in [3.05, 3.63) is 11.6 Å². The molecular weight excluding hydrogens is 236 g/mol. The van der Waals surface area contributed by atoms with E-state index in [1.807, 2.05) is 0 Å². The lowest BCUT2D eigenvalue weighted by Crippen LogP contribution is -2.20. The summed E-state index contributed by atoms with van der Waals surface area (Å²) in [7, 11) is 0. The first-order chi connectivity index (χ1) is 6.63. The van der Waals surface area contributed by atoms with Crippen molar-refractivity contribution < 1.29 is 0 Å². The fraction of sp³-hybridized carbons (Fsp3) is 0.846. The summed E-state index contributed by atoms with van der Waals surface area (Å²) in [4.78, 5) is 0. The highest BCUT2D eigenvalue weighted by Gasteiger charge is 2.24. The van der Waals surface area contributed by atoms with E-state index in [4.69, 9.17) is 0 Å². The molecule has 2 atom stereocenters. The molecule has 82 valence electrons. The van der Waals surface area contributed by atoms with E-state index in [9.17, 15) is 0 Å². The van der Waals surface area contributed by atoms with Gasteiger partial charge in [-0.15, -0.1) is 0 Å². The molecule has 0 aromatic carbocycles. The van der Waals surface area contributed by atoms with E-state index in [-0.39, 0.29) is 0 Å². The van der Waals surface area contributed by atoms with Gasteiger partial charge in [-0.25, -0.2) is 0 Å². The molecule has 0 spiro atoms. The van der Waals surface area contributed by atoms with Gasteiger partial charge in [0.25, 0.3) is 0 Å². The molecule has 1 rings (SSSR count). The largest absolute Gasteiger partial charge is 0.0925 e. The number of hydrogen-bond donors (Lipinski definition) is 0. The Kier molecular flexibility index (Phi) is 5.22. The highest BCUT2D eigenvalue weighted by atomic mass is 79.9. The Bertz CT molecular complexity index is 185. The molecule has 0 aromatic rings. The predicted octanol–water partition coefficient (Wildman–Crippen LogP) is 4.79. The maximum absolute atomic E-state index is 3.48. The van der Waals surface area contributed by atoms with Crippen LogP contribution in [0.4, 0.5) is 0 Å². The number of allylic oxidation sites excluding steroid dienone is 2. The van der Waals surface area contributed by atoms with Crippen LogP contribution in [0.15, 0.2) is 11.6 Å². The summed E-state index contributed by atoms with van der Waals surface area (Å²) in [6, 6.07) is 0. The van der Waals surface area contributed by atoms with E-state index in [1.165, 1.54) is 25.7 Å². The standard InChI is InChI=1S/C13H23Br/c1-10-7-11(2)9-13(8-10)12(3)5-4-6-14/h5,10-11,13H,4,6-9H2,1-3H3. The van der Waals surface area contributed by atoms with E-state index < -0.39 is 0 Å². The zero-order chi connectivity index (χ0) is 10.6. The van der Waals surface area contributed by atoms with Crippen molar-refractivity contribution in [2.45, 2.75) is 46.5 Å². The van der Waals surface area contributed by atoms with Gasteiger partial charge in [0.15, 0.2) is 0 Å². The first-order valence-electron chi connectivity index (χ1n) is 5.86. The minimum atomic E-state index is 0.868. The van der Waals surface area contributed by atoms with Crippen LogP contribution in [0, 0.1) is 17.8 Å². The number of hydrogen-bond acceptors (Lipinski definition) is 0. The third kappa shape index (κ3) is 3.76. The zero-order valence-electron chi connectivity index (χ0n) is 9.72. The van der Waals surface area contributed by atoms with Crippen molar-refractivity contribution in [2.24, 2.45) is 17.8 Å². The molecule has 0 aliphatic heterocycles. The smallest absolute Gasteiger partial charge is 0.00660 e. The molecule has 0 saturated heterocycles. The Hall–Kier alpha value is 0.220. The average Bonchev–Trinajstić information content (AvgIpc) is 2.12. The van der Waals surface area contributed by atoms with Crippen LogP contribution in [0.3, 0.4) is 0 Å². The minimum absolute atomic E-state index is 0.868. The Balaban J connectivity index is 2.50. The fourth-order valence-electron chi connectivity index (χ4n) is 2.77. The van der Waals surface area contributed by atoms with Crippen LogP contribution in [0.5, 0.6) is 0 Å². The van der Waals surface area contributed by atoms with Gasteiger partial charge in [-0.1, -0.05) is 41.4 Å². The molecular formula is C13H23Br.